The Bertz CT molecular complexity index is 4590. The molecule has 0 fully saturated rings. The molecule has 0 unspecified atom stereocenters. The van der Waals surface area contributed by atoms with Crippen molar-refractivity contribution >= 4 is 96.2 Å². The molecule has 90 heavy (non-hydrogen) atoms. The van der Waals surface area contributed by atoms with Crippen LogP contribution in [-0.2, 0) is 43.3 Å². The van der Waals surface area contributed by atoms with Crippen LogP contribution in [0.4, 0.5) is 51.2 Å². The minimum Gasteiger partial charge on any atom is -0.456 e. The molecule has 0 amide bonds. The van der Waals surface area contributed by atoms with E-state index in [0.717, 1.165) is 64.7 Å². The number of hydrogen-bond donors (Lipinski definition) is 0. The number of aryl methyl sites for hydroxylation is 1. The summed E-state index contributed by atoms with van der Waals surface area (Å²) < 4.78 is 6.65. The van der Waals surface area contributed by atoms with E-state index in [9.17, 15) is 0 Å². The summed E-state index contributed by atoms with van der Waals surface area (Å²) >= 11 is 0. The summed E-state index contributed by atoms with van der Waals surface area (Å²) in [7, 11) is 0. The molecule has 0 spiro atoms. The van der Waals surface area contributed by atoms with Gasteiger partial charge in [-0.15, -0.1) is 0 Å². The van der Waals surface area contributed by atoms with Gasteiger partial charge in [0, 0.05) is 56.3 Å². The van der Waals surface area contributed by atoms with Crippen LogP contribution >= 0.6 is 0 Å². The first kappa shape index (κ1) is 58.6. The van der Waals surface area contributed by atoms with Gasteiger partial charge in [0.1, 0.15) is 11.2 Å². The predicted molar refractivity (Wildman–Crippen MR) is 387 cm³/mol. The van der Waals surface area contributed by atoms with Crippen molar-refractivity contribution in [3.05, 3.63) is 214 Å². The molecule has 0 N–H and O–H groups in total. The highest BCUT2D eigenvalue weighted by molar-refractivity contribution is 7.00. The van der Waals surface area contributed by atoms with Crippen molar-refractivity contribution in [1.82, 2.24) is 0 Å². The van der Waals surface area contributed by atoms with Gasteiger partial charge in [0.05, 0.1) is 5.69 Å². The van der Waals surface area contributed by atoms with Crippen LogP contribution in [0.15, 0.2) is 168 Å². The average molecular weight is 1180 g/mol. The zero-order valence-electron chi connectivity index (χ0n) is 57.2. The zero-order chi connectivity index (χ0) is 63.5. The molecule has 0 atom stereocenters. The lowest BCUT2D eigenvalue weighted by atomic mass is 9.33. The number of para-hydroxylation sites is 1. The molecule has 1 aromatic heterocycles. The van der Waals surface area contributed by atoms with Crippen molar-refractivity contribution < 1.29 is 4.42 Å². The molecular formula is C85H92BN3O. The van der Waals surface area contributed by atoms with Crippen LogP contribution in [0.1, 0.15) is 200 Å². The van der Waals surface area contributed by atoms with E-state index in [4.69, 9.17) is 4.42 Å². The summed E-state index contributed by atoms with van der Waals surface area (Å²) in [5.41, 5.74) is 31.6. The van der Waals surface area contributed by atoms with Gasteiger partial charge < -0.3 is 19.1 Å². The summed E-state index contributed by atoms with van der Waals surface area (Å²) in [6.45, 7) is 45.9. The first-order chi connectivity index (χ1) is 42.2. The van der Waals surface area contributed by atoms with Crippen LogP contribution < -0.4 is 31.1 Å². The van der Waals surface area contributed by atoms with Gasteiger partial charge in [-0.2, -0.15) is 0 Å². The van der Waals surface area contributed by atoms with Gasteiger partial charge in [-0.3, -0.25) is 0 Å². The van der Waals surface area contributed by atoms with Gasteiger partial charge in [0.2, 0.25) is 0 Å². The number of anilines is 9. The summed E-state index contributed by atoms with van der Waals surface area (Å²) in [6, 6.07) is 64.9. The minimum absolute atomic E-state index is 0.0106. The van der Waals surface area contributed by atoms with E-state index in [-0.39, 0.29) is 50.0 Å². The number of nitrogens with zero attached hydrogens (tertiary/aromatic N) is 3. The Morgan fingerprint density at radius 2 is 0.922 bits per heavy atom. The van der Waals surface area contributed by atoms with Crippen LogP contribution in [0, 0.1) is 6.92 Å². The number of furan rings is 1. The third-order valence-electron chi connectivity index (χ3n) is 22.5. The third-order valence-corrected chi connectivity index (χ3v) is 22.5. The lowest BCUT2D eigenvalue weighted by molar-refractivity contribution is 0.332. The molecule has 0 radical (unpaired) electrons. The summed E-state index contributed by atoms with van der Waals surface area (Å²) in [4.78, 5) is 8.01. The Morgan fingerprint density at radius 3 is 1.53 bits per heavy atom. The maximum absolute atomic E-state index is 6.65. The van der Waals surface area contributed by atoms with Gasteiger partial charge in [-0.1, -0.05) is 210 Å². The zero-order valence-corrected chi connectivity index (χ0v) is 57.2. The standard InChI is InChI=1S/C85H92BN3O/c1-51-41-62-65(81(10,11)40-39-80(62,8)9)47-70(51)89-69-38-27-52(59-24-22-26-75-76(59)60-23-20-21-25-74(60)90-75)42-67(69)86-68-46-64-66(85(18,19)50-84(64,16)17)48-71(68)88(57-36-37-61-63(43-57)83(14,15)49-82(61,12)13)72-44-58(45-73(89)77(72)86)87(55-32-28-53(29-33-55)78(2,3)4)56-34-30-54(31-35-56)79(5,6)7/h20-38,41-48H,39-40,49-50H2,1-19H3. The fourth-order valence-corrected chi connectivity index (χ4v) is 18.0. The van der Waals surface area contributed by atoms with E-state index < -0.39 is 0 Å². The molecule has 0 saturated carbocycles. The van der Waals surface area contributed by atoms with Crippen LogP contribution in [0.2, 0.25) is 0 Å². The fraction of sp³-hybridized carbons (Fsp3) is 0.365. The van der Waals surface area contributed by atoms with Gasteiger partial charge >= 0.3 is 0 Å². The van der Waals surface area contributed by atoms with Gasteiger partial charge in [-0.25, -0.2) is 0 Å². The van der Waals surface area contributed by atoms with E-state index in [0.29, 0.717) is 0 Å². The molecule has 10 aromatic rings. The van der Waals surface area contributed by atoms with Crippen LogP contribution in [-0.4, -0.2) is 6.71 Å². The second-order valence-corrected chi connectivity index (χ2v) is 34.0. The highest BCUT2D eigenvalue weighted by Crippen LogP contribution is 2.57. The summed E-state index contributed by atoms with van der Waals surface area (Å²) in [5, 5.41) is 2.30. The molecule has 3 aliphatic carbocycles. The Morgan fingerprint density at radius 1 is 0.411 bits per heavy atom. The molecule has 0 saturated heterocycles. The third kappa shape index (κ3) is 8.88. The molecule has 5 heteroatoms. The smallest absolute Gasteiger partial charge is 0.252 e. The lowest BCUT2D eigenvalue weighted by Crippen LogP contribution is -2.61. The van der Waals surface area contributed by atoms with Gasteiger partial charge in [0.25, 0.3) is 6.71 Å². The quantitative estimate of drug-likeness (QED) is 0.155. The molecule has 15 rings (SSSR count). The summed E-state index contributed by atoms with van der Waals surface area (Å²) in [5.74, 6) is 0. The molecule has 3 heterocycles. The molecule has 5 aliphatic rings. The maximum atomic E-state index is 6.65. The first-order valence-electron chi connectivity index (χ1n) is 33.6. The van der Waals surface area contributed by atoms with E-state index >= 15 is 0 Å². The molecule has 456 valence electrons. The predicted octanol–water partition coefficient (Wildman–Crippen LogP) is 22.0. The van der Waals surface area contributed by atoms with E-state index in [2.05, 4.69) is 310 Å². The molecule has 0 bridgehead atoms. The van der Waals surface area contributed by atoms with Crippen molar-refractivity contribution in [2.45, 2.75) is 201 Å². The highest BCUT2D eigenvalue weighted by atomic mass is 16.3. The monoisotopic (exact) mass is 1180 g/mol. The van der Waals surface area contributed by atoms with Crippen LogP contribution in [0.5, 0.6) is 0 Å². The molecule has 4 nitrogen and oxygen atoms in total. The van der Waals surface area contributed by atoms with Crippen LogP contribution in [0.25, 0.3) is 33.1 Å². The van der Waals surface area contributed by atoms with Gasteiger partial charge in [0.15, 0.2) is 0 Å². The van der Waals surface area contributed by atoms with E-state index in [1.165, 1.54) is 112 Å². The highest BCUT2D eigenvalue weighted by Gasteiger charge is 2.50. The minimum atomic E-state index is -0.129. The first-order valence-corrected chi connectivity index (χ1v) is 33.6. The maximum Gasteiger partial charge on any atom is 0.252 e. The second-order valence-electron chi connectivity index (χ2n) is 34.0. The Labute approximate surface area is 537 Å². The SMILES string of the molecule is Cc1cc2c(cc1N1c3ccc(-c4cccc5oc6ccccc6c45)cc3B3c4cc5c(cc4N(c4ccc6c(c4)C(C)(C)CC6(C)C)c4cc(N(c6ccc(C(C)(C)C)cc6)c6ccc(C(C)(C)C)cc6)cc1c43)C(C)(C)CC5(C)C)C(C)(C)CCC2(C)C. The average Bonchev–Trinajstić information content (AvgIpc) is 1.04. The Balaban J connectivity index is 1.10. The van der Waals surface area contributed by atoms with Crippen LogP contribution in [0.3, 0.4) is 0 Å². The van der Waals surface area contributed by atoms with Crippen molar-refractivity contribution in [2.24, 2.45) is 0 Å². The molecule has 9 aromatic carbocycles. The number of rotatable bonds is 6. The molecule has 2 aliphatic heterocycles. The number of benzene rings is 9. The normalized spacial score (nSPS) is 18.5. The molecular weight excluding hydrogens is 1090 g/mol. The van der Waals surface area contributed by atoms with E-state index in [1.54, 1.807) is 0 Å². The van der Waals surface area contributed by atoms with E-state index in [1.807, 2.05) is 0 Å². The van der Waals surface area contributed by atoms with Gasteiger partial charge in [-0.05, 0) is 232 Å². The Kier molecular flexibility index (Phi) is 12.5. The summed E-state index contributed by atoms with van der Waals surface area (Å²) in [6.07, 6.45) is 4.46. The van der Waals surface area contributed by atoms with Crippen molar-refractivity contribution in [1.29, 1.82) is 0 Å². The fourth-order valence-electron chi connectivity index (χ4n) is 18.0. The Hall–Kier alpha value is -7.76. The number of hydrogen-bond acceptors (Lipinski definition) is 4. The largest absolute Gasteiger partial charge is 0.456 e. The van der Waals surface area contributed by atoms with Crippen molar-refractivity contribution in [3.8, 4) is 11.1 Å². The second kappa shape index (κ2) is 19.2. The van der Waals surface area contributed by atoms with Crippen molar-refractivity contribution in [3.63, 3.8) is 0 Å². The topological polar surface area (TPSA) is 22.9 Å². The lowest BCUT2D eigenvalue weighted by Gasteiger charge is -2.47. The van der Waals surface area contributed by atoms with Crippen molar-refractivity contribution in [2.75, 3.05) is 14.7 Å². The number of fused-ring (bicyclic) bond motifs is 10.